The Kier molecular flexibility index (Phi) is 6.33. The van der Waals surface area contributed by atoms with E-state index in [2.05, 4.69) is 0 Å². The molecule has 0 N–H and O–H groups in total. The van der Waals surface area contributed by atoms with E-state index < -0.39 is 0 Å². The smallest absolute Gasteiger partial charge is 0.258 e. The lowest BCUT2D eigenvalue weighted by molar-refractivity contribution is -0.385. The molecule has 2 aliphatic rings. The van der Waals surface area contributed by atoms with E-state index in [4.69, 9.17) is 0 Å². The number of hydrogen-bond acceptors (Lipinski definition) is 8. The molecule has 2 fully saturated rings. The van der Waals surface area contributed by atoms with Crippen LogP contribution >= 0.6 is 47.0 Å². The average Bonchev–Trinajstić information content (AvgIpc) is 2.75. The maximum atomic E-state index is 11.0. The zero-order valence-corrected chi connectivity index (χ0v) is 18.5. The zero-order valence-electron chi connectivity index (χ0n) is 15.3. The van der Waals surface area contributed by atoms with Crippen molar-refractivity contribution in [1.82, 2.24) is 0 Å². The fraction of sp³-hybridized carbons (Fsp3) is 0.368. The first-order chi connectivity index (χ1) is 14.0. The monoisotopic (exact) mass is 466 g/mol. The molecule has 2 saturated heterocycles. The van der Waals surface area contributed by atoms with Crippen molar-refractivity contribution in [3.8, 4) is 0 Å². The number of nitrogens with zero attached hydrogens (tertiary/aromatic N) is 2. The zero-order chi connectivity index (χ0) is 20.4. The molecule has 0 unspecified atom stereocenters. The van der Waals surface area contributed by atoms with Crippen LogP contribution in [0.3, 0.4) is 0 Å². The number of hydrogen-bond donors (Lipinski definition) is 0. The highest BCUT2D eigenvalue weighted by Crippen LogP contribution is 2.57. The minimum absolute atomic E-state index is 0.146. The Bertz CT molecular complexity index is 847. The topological polar surface area (TPSA) is 86.3 Å². The second kappa shape index (κ2) is 8.79. The van der Waals surface area contributed by atoms with Crippen molar-refractivity contribution >= 4 is 58.4 Å². The highest BCUT2D eigenvalue weighted by Gasteiger charge is 2.41. The lowest BCUT2D eigenvalue weighted by Crippen LogP contribution is -2.38. The third-order valence-electron chi connectivity index (χ3n) is 4.87. The first-order valence-corrected chi connectivity index (χ1v) is 13.1. The van der Waals surface area contributed by atoms with Crippen molar-refractivity contribution in [3.63, 3.8) is 0 Å². The van der Waals surface area contributed by atoms with Gasteiger partial charge in [-0.2, -0.15) is 0 Å². The molecule has 2 heterocycles. The van der Waals surface area contributed by atoms with Crippen molar-refractivity contribution in [2.24, 2.45) is 5.41 Å². The quantitative estimate of drug-likeness (QED) is 0.392. The van der Waals surface area contributed by atoms with Gasteiger partial charge in [0.15, 0.2) is 0 Å². The van der Waals surface area contributed by atoms with Crippen LogP contribution in [0.25, 0.3) is 0 Å². The van der Waals surface area contributed by atoms with Gasteiger partial charge in [-0.1, -0.05) is 24.3 Å². The van der Waals surface area contributed by atoms with E-state index in [0.717, 1.165) is 34.1 Å². The van der Waals surface area contributed by atoms with E-state index in [-0.39, 0.29) is 35.8 Å². The summed E-state index contributed by atoms with van der Waals surface area (Å²) >= 11 is 7.48. The summed E-state index contributed by atoms with van der Waals surface area (Å²) < 4.78 is 0.454. The Morgan fingerprint density at radius 2 is 1.10 bits per heavy atom. The summed E-state index contributed by atoms with van der Waals surface area (Å²) in [4.78, 5) is 21.4. The van der Waals surface area contributed by atoms with E-state index in [9.17, 15) is 20.2 Å². The molecule has 152 valence electrons. The van der Waals surface area contributed by atoms with Gasteiger partial charge in [0.25, 0.3) is 11.4 Å². The van der Waals surface area contributed by atoms with Crippen LogP contribution in [0.1, 0.15) is 20.3 Å². The second-order valence-electron chi connectivity index (χ2n) is 7.11. The summed E-state index contributed by atoms with van der Waals surface area (Å²) in [5, 5.41) is 22.1. The van der Waals surface area contributed by atoms with Crippen LogP contribution in [0, 0.1) is 25.6 Å². The molecule has 0 aromatic heterocycles. The van der Waals surface area contributed by atoms with Crippen LogP contribution in [-0.2, 0) is 0 Å². The number of non-ortho nitro benzene ring substituents is 2. The number of benzene rings is 2. The molecular weight excluding hydrogens is 448 g/mol. The van der Waals surface area contributed by atoms with Crippen LogP contribution in [0.5, 0.6) is 0 Å². The van der Waals surface area contributed by atoms with E-state index >= 15 is 0 Å². The van der Waals surface area contributed by atoms with Crippen LogP contribution in [0.2, 0.25) is 0 Å². The normalized spacial score (nSPS) is 26.9. The van der Waals surface area contributed by atoms with Gasteiger partial charge in [-0.25, -0.2) is 0 Å². The molecule has 0 saturated carbocycles. The summed E-state index contributed by atoms with van der Waals surface area (Å²) in [6, 6.07) is 13.9. The lowest BCUT2D eigenvalue weighted by atomic mass is 9.99. The van der Waals surface area contributed by atoms with Gasteiger partial charge in [-0.05, 0) is 11.1 Å². The van der Waals surface area contributed by atoms with Crippen LogP contribution in [0.4, 0.5) is 11.4 Å². The van der Waals surface area contributed by atoms with Crippen molar-refractivity contribution in [2.75, 3.05) is 23.0 Å². The fourth-order valence-corrected chi connectivity index (χ4v) is 10.3. The van der Waals surface area contributed by atoms with E-state index in [1.165, 1.54) is 12.1 Å². The highest BCUT2D eigenvalue weighted by molar-refractivity contribution is 8.18. The lowest BCUT2D eigenvalue weighted by Gasteiger charge is -2.43. The first-order valence-electron chi connectivity index (χ1n) is 8.91. The molecule has 2 aromatic carbocycles. The van der Waals surface area contributed by atoms with Gasteiger partial charge < -0.3 is 0 Å². The minimum Gasteiger partial charge on any atom is -0.258 e. The summed E-state index contributed by atoms with van der Waals surface area (Å²) in [7, 11) is 0. The number of nitro groups is 2. The molecule has 0 bridgehead atoms. The maximum Gasteiger partial charge on any atom is 0.269 e. The van der Waals surface area contributed by atoms with E-state index in [0.29, 0.717) is 0 Å². The highest BCUT2D eigenvalue weighted by atomic mass is 32.2. The molecule has 1 spiro atoms. The molecule has 0 radical (unpaired) electrons. The molecule has 4 rings (SSSR count). The van der Waals surface area contributed by atoms with Gasteiger partial charge in [-0.15, -0.1) is 47.0 Å². The molecule has 2 aromatic rings. The largest absolute Gasteiger partial charge is 0.269 e. The standard InChI is InChI=1S/C19H18N2O4S4/c22-20(23)15-5-1-3-13(7-15)17-26-9-19(10-27-17)11-28-18(29-12-19)14-4-2-6-16(8-14)21(24)25/h1-8,17-18H,9-12H2. The average molecular weight is 467 g/mol. The van der Waals surface area contributed by atoms with Crippen molar-refractivity contribution in [1.29, 1.82) is 0 Å². The SMILES string of the molecule is O=[N+]([O-])c1cccc(C2SCC3(CS2)CSC(c2cccc([N+](=O)[O-])c2)SC3)c1. The van der Waals surface area contributed by atoms with Gasteiger partial charge in [0, 0.05) is 52.7 Å². The predicted octanol–water partition coefficient (Wildman–Crippen LogP) is 6.15. The summed E-state index contributed by atoms with van der Waals surface area (Å²) in [5.41, 5.74) is 2.54. The number of thioether (sulfide) groups is 4. The summed E-state index contributed by atoms with van der Waals surface area (Å²) in [5.74, 6) is 4.09. The Morgan fingerprint density at radius 3 is 1.45 bits per heavy atom. The second-order valence-corrected chi connectivity index (χ2v) is 12.1. The molecule has 0 amide bonds. The van der Waals surface area contributed by atoms with Gasteiger partial charge >= 0.3 is 0 Å². The Balaban J connectivity index is 1.37. The van der Waals surface area contributed by atoms with E-state index in [1.807, 2.05) is 59.2 Å². The Labute approximate surface area is 185 Å². The summed E-state index contributed by atoms with van der Waals surface area (Å²) in [6.07, 6.45) is 0. The van der Waals surface area contributed by atoms with E-state index in [1.54, 1.807) is 24.3 Å². The van der Waals surface area contributed by atoms with Crippen LogP contribution < -0.4 is 0 Å². The number of rotatable bonds is 4. The Hall–Kier alpha value is -1.36. The summed E-state index contributed by atoms with van der Waals surface area (Å²) in [6.45, 7) is 0. The molecule has 6 nitrogen and oxygen atoms in total. The first kappa shape index (κ1) is 20.9. The van der Waals surface area contributed by atoms with Crippen LogP contribution in [0.15, 0.2) is 48.5 Å². The molecule has 0 aliphatic carbocycles. The molecule has 10 heteroatoms. The maximum absolute atomic E-state index is 11.0. The van der Waals surface area contributed by atoms with Crippen LogP contribution in [-0.4, -0.2) is 32.9 Å². The molecule has 29 heavy (non-hydrogen) atoms. The predicted molar refractivity (Wildman–Crippen MR) is 124 cm³/mol. The van der Waals surface area contributed by atoms with Gasteiger partial charge in [0.1, 0.15) is 0 Å². The van der Waals surface area contributed by atoms with Gasteiger partial charge in [-0.3, -0.25) is 20.2 Å². The molecule has 2 aliphatic heterocycles. The minimum atomic E-state index is -0.342. The molecular formula is C19H18N2O4S4. The third kappa shape index (κ3) is 4.70. The fourth-order valence-electron chi connectivity index (χ4n) is 3.31. The molecule has 0 atom stereocenters. The van der Waals surface area contributed by atoms with Crippen molar-refractivity contribution in [3.05, 3.63) is 79.9 Å². The number of nitro benzene ring substituents is 2. The van der Waals surface area contributed by atoms with Gasteiger partial charge in [0.2, 0.25) is 0 Å². The van der Waals surface area contributed by atoms with Crippen molar-refractivity contribution in [2.45, 2.75) is 9.16 Å². The third-order valence-corrected chi connectivity index (χ3v) is 11.9. The Morgan fingerprint density at radius 1 is 0.724 bits per heavy atom. The van der Waals surface area contributed by atoms with Crippen molar-refractivity contribution < 1.29 is 9.85 Å². The van der Waals surface area contributed by atoms with Gasteiger partial charge in [0.05, 0.1) is 19.0 Å².